The van der Waals surface area contributed by atoms with Crippen molar-refractivity contribution in [3.63, 3.8) is 0 Å². The number of nitrogens with two attached hydrogens (primary N) is 1. The fourth-order valence-electron chi connectivity index (χ4n) is 0.964. The quantitative estimate of drug-likeness (QED) is 0.681. The van der Waals surface area contributed by atoms with Crippen LogP contribution in [0.4, 0.5) is 0 Å². The third kappa shape index (κ3) is 1.60. The maximum absolute atomic E-state index is 10.6. The lowest BCUT2D eigenvalue weighted by atomic mass is 10.1. The number of carboxylic acid groups (broad SMARTS) is 1. The highest BCUT2D eigenvalue weighted by Gasteiger charge is 2.12. The Morgan fingerprint density at radius 3 is 2.83 bits per heavy atom. The van der Waals surface area contributed by atoms with Crippen LogP contribution < -0.4 is 5.73 Å². The summed E-state index contributed by atoms with van der Waals surface area (Å²) in [5, 5.41) is 8.70. The molecule has 12 heavy (non-hydrogen) atoms. The molecule has 3 N–H and O–H groups in total. The first-order chi connectivity index (χ1) is 5.63. The van der Waals surface area contributed by atoms with Crippen molar-refractivity contribution in [3.8, 4) is 0 Å². The van der Waals surface area contributed by atoms with Crippen LogP contribution in [0, 0.1) is 0 Å². The number of carbonyl (C=O) groups is 1. The number of carboxylic acids is 1. The molecule has 0 unspecified atom stereocenters. The molecule has 0 spiro atoms. The highest BCUT2D eigenvalue weighted by atomic mass is 16.4. The number of nitrogens with zero attached hydrogens (tertiary/aromatic N) is 1. The Kier molecular flexibility index (Phi) is 2.40. The highest BCUT2D eigenvalue weighted by molar-refractivity contribution is 5.87. The Hall–Kier alpha value is -1.42. The summed E-state index contributed by atoms with van der Waals surface area (Å²) in [5.41, 5.74) is 6.14. The number of hydrogen-bond acceptors (Lipinski definition) is 3. The average molecular weight is 166 g/mol. The van der Waals surface area contributed by atoms with E-state index in [1.54, 1.807) is 19.1 Å². The zero-order valence-corrected chi connectivity index (χ0v) is 6.69. The van der Waals surface area contributed by atoms with Crippen LogP contribution in [0.15, 0.2) is 18.3 Å². The van der Waals surface area contributed by atoms with E-state index < -0.39 is 5.97 Å². The van der Waals surface area contributed by atoms with E-state index in [4.69, 9.17) is 10.8 Å². The third-order valence-electron chi connectivity index (χ3n) is 1.53. The standard InChI is InChI=1S/C8H10N2O2/c1-5(9)6-3-2-4-10-7(6)8(11)12/h2-5H,9H2,1H3,(H,11,12)/t5-/m0/s1. The lowest BCUT2D eigenvalue weighted by molar-refractivity contribution is 0.0688. The van der Waals surface area contributed by atoms with Crippen molar-refractivity contribution in [2.24, 2.45) is 5.73 Å². The summed E-state index contributed by atoms with van der Waals surface area (Å²) in [6, 6.07) is 3.04. The van der Waals surface area contributed by atoms with Gasteiger partial charge in [0.25, 0.3) is 0 Å². The minimum absolute atomic E-state index is 0.0347. The number of aromatic nitrogens is 1. The van der Waals surface area contributed by atoms with Gasteiger partial charge in [0, 0.05) is 17.8 Å². The molecule has 1 rings (SSSR count). The molecule has 1 aromatic heterocycles. The van der Waals surface area contributed by atoms with E-state index in [1.807, 2.05) is 0 Å². The van der Waals surface area contributed by atoms with Crippen molar-refractivity contribution in [1.82, 2.24) is 4.98 Å². The zero-order chi connectivity index (χ0) is 9.14. The molecule has 64 valence electrons. The van der Waals surface area contributed by atoms with Gasteiger partial charge < -0.3 is 10.8 Å². The Balaban J connectivity index is 3.17. The first-order valence-electron chi connectivity index (χ1n) is 3.56. The van der Waals surface area contributed by atoms with Gasteiger partial charge in [-0.15, -0.1) is 0 Å². The smallest absolute Gasteiger partial charge is 0.354 e. The number of hydrogen-bond donors (Lipinski definition) is 2. The van der Waals surface area contributed by atoms with E-state index in [0.29, 0.717) is 5.56 Å². The molecule has 4 heteroatoms. The predicted octanol–water partition coefficient (Wildman–Crippen LogP) is 0.800. The third-order valence-corrected chi connectivity index (χ3v) is 1.53. The van der Waals surface area contributed by atoms with Crippen LogP contribution in [-0.2, 0) is 0 Å². The van der Waals surface area contributed by atoms with Crippen LogP contribution >= 0.6 is 0 Å². The second-order valence-corrected chi connectivity index (χ2v) is 2.54. The molecule has 0 fully saturated rings. The molecule has 0 saturated carbocycles. The fourth-order valence-corrected chi connectivity index (χ4v) is 0.964. The molecule has 0 aliphatic carbocycles. The van der Waals surface area contributed by atoms with E-state index in [9.17, 15) is 4.79 Å². The van der Waals surface area contributed by atoms with Gasteiger partial charge in [-0.1, -0.05) is 6.07 Å². The molecule has 4 nitrogen and oxygen atoms in total. The molecular formula is C8H10N2O2. The van der Waals surface area contributed by atoms with Gasteiger partial charge in [-0.25, -0.2) is 9.78 Å². The van der Waals surface area contributed by atoms with Gasteiger partial charge in [0.15, 0.2) is 5.69 Å². The van der Waals surface area contributed by atoms with Crippen LogP contribution in [0.3, 0.4) is 0 Å². The van der Waals surface area contributed by atoms with Crippen LogP contribution in [-0.4, -0.2) is 16.1 Å². The molecule has 1 atom stereocenters. The Morgan fingerprint density at radius 2 is 2.42 bits per heavy atom. The summed E-state index contributed by atoms with van der Waals surface area (Å²) in [4.78, 5) is 14.3. The molecule has 0 aromatic carbocycles. The lowest BCUT2D eigenvalue weighted by Gasteiger charge is -2.06. The largest absolute Gasteiger partial charge is 0.477 e. The molecule has 0 bridgehead atoms. The van der Waals surface area contributed by atoms with Crippen molar-refractivity contribution < 1.29 is 9.90 Å². The van der Waals surface area contributed by atoms with E-state index in [1.165, 1.54) is 6.20 Å². The van der Waals surface area contributed by atoms with E-state index in [-0.39, 0.29) is 11.7 Å². The lowest BCUT2D eigenvalue weighted by Crippen LogP contribution is -2.13. The second-order valence-electron chi connectivity index (χ2n) is 2.54. The predicted molar refractivity (Wildman–Crippen MR) is 43.8 cm³/mol. The molecule has 0 saturated heterocycles. The van der Waals surface area contributed by atoms with E-state index in [2.05, 4.69) is 4.98 Å². The Bertz CT molecular complexity index is 297. The SMILES string of the molecule is C[C@H](N)c1cccnc1C(=O)O. The number of aromatic carboxylic acids is 1. The molecule has 1 heterocycles. The van der Waals surface area contributed by atoms with Crippen LogP contribution in [0.5, 0.6) is 0 Å². The molecule has 0 radical (unpaired) electrons. The average Bonchev–Trinajstić information content (AvgIpc) is 2.04. The van der Waals surface area contributed by atoms with Crippen LogP contribution in [0.25, 0.3) is 0 Å². The second kappa shape index (κ2) is 3.32. The van der Waals surface area contributed by atoms with Gasteiger partial charge in [-0.05, 0) is 13.0 Å². The zero-order valence-electron chi connectivity index (χ0n) is 6.69. The molecular weight excluding hydrogens is 156 g/mol. The van der Waals surface area contributed by atoms with Crippen molar-refractivity contribution >= 4 is 5.97 Å². The summed E-state index contributed by atoms with van der Waals surface area (Å²) in [6.45, 7) is 1.73. The molecule has 0 aliphatic rings. The van der Waals surface area contributed by atoms with Crippen molar-refractivity contribution in [2.75, 3.05) is 0 Å². The Morgan fingerprint density at radius 1 is 1.75 bits per heavy atom. The van der Waals surface area contributed by atoms with Gasteiger partial charge in [0.05, 0.1) is 0 Å². The minimum Gasteiger partial charge on any atom is -0.477 e. The van der Waals surface area contributed by atoms with Crippen molar-refractivity contribution in [3.05, 3.63) is 29.6 Å². The summed E-state index contributed by atoms with van der Waals surface area (Å²) in [5.74, 6) is -1.04. The van der Waals surface area contributed by atoms with Gasteiger partial charge in [-0.3, -0.25) is 0 Å². The summed E-state index contributed by atoms with van der Waals surface area (Å²) in [7, 11) is 0. The molecule has 0 amide bonds. The van der Waals surface area contributed by atoms with Gasteiger partial charge in [0.1, 0.15) is 0 Å². The number of rotatable bonds is 2. The summed E-state index contributed by atoms with van der Waals surface area (Å²) >= 11 is 0. The first-order valence-corrected chi connectivity index (χ1v) is 3.56. The maximum atomic E-state index is 10.6. The topological polar surface area (TPSA) is 76.2 Å². The number of pyridine rings is 1. The van der Waals surface area contributed by atoms with Crippen LogP contribution in [0.2, 0.25) is 0 Å². The van der Waals surface area contributed by atoms with E-state index >= 15 is 0 Å². The molecule has 1 aromatic rings. The normalized spacial score (nSPS) is 12.5. The van der Waals surface area contributed by atoms with Crippen molar-refractivity contribution in [2.45, 2.75) is 13.0 Å². The van der Waals surface area contributed by atoms with Crippen molar-refractivity contribution in [1.29, 1.82) is 0 Å². The highest BCUT2D eigenvalue weighted by Crippen LogP contribution is 2.12. The minimum atomic E-state index is -1.04. The Labute approximate surface area is 70.0 Å². The summed E-state index contributed by atoms with van der Waals surface area (Å²) < 4.78 is 0. The maximum Gasteiger partial charge on any atom is 0.354 e. The fraction of sp³-hybridized carbons (Fsp3) is 0.250. The summed E-state index contributed by atoms with van der Waals surface area (Å²) in [6.07, 6.45) is 1.44. The van der Waals surface area contributed by atoms with Gasteiger partial charge in [-0.2, -0.15) is 0 Å². The van der Waals surface area contributed by atoms with Gasteiger partial charge >= 0.3 is 5.97 Å². The monoisotopic (exact) mass is 166 g/mol. The van der Waals surface area contributed by atoms with Gasteiger partial charge in [0.2, 0.25) is 0 Å². The molecule has 0 aliphatic heterocycles. The first kappa shape index (κ1) is 8.67. The van der Waals surface area contributed by atoms with Crippen LogP contribution in [0.1, 0.15) is 29.0 Å². The van der Waals surface area contributed by atoms with E-state index in [0.717, 1.165) is 0 Å².